The van der Waals surface area contributed by atoms with E-state index in [0.717, 1.165) is 17.1 Å². The number of H-pyrrole nitrogens is 2. The molecule has 0 saturated carbocycles. The molecular formula is C18H18F3N9. The van der Waals surface area contributed by atoms with Crippen molar-refractivity contribution in [1.29, 1.82) is 0 Å². The number of hydrogen-bond donors (Lipinski definition) is 4. The average molecular weight is 417 g/mol. The van der Waals surface area contributed by atoms with Crippen molar-refractivity contribution in [3.05, 3.63) is 42.1 Å². The van der Waals surface area contributed by atoms with Crippen molar-refractivity contribution in [2.75, 3.05) is 11.1 Å². The van der Waals surface area contributed by atoms with Gasteiger partial charge in [-0.05, 0) is 24.1 Å². The van der Waals surface area contributed by atoms with Gasteiger partial charge in [0.25, 0.3) is 0 Å². The first kappa shape index (κ1) is 19.6. The summed E-state index contributed by atoms with van der Waals surface area (Å²) >= 11 is 0. The normalized spacial score (nSPS) is 13.1. The lowest BCUT2D eigenvalue weighted by atomic mass is 10.0. The summed E-state index contributed by atoms with van der Waals surface area (Å²) in [4.78, 5) is 18.4. The Bertz CT molecular complexity index is 1180. The molecule has 3 aromatic heterocycles. The minimum absolute atomic E-state index is 0.0158. The fraction of sp³-hybridized carbons (Fsp3) is 0.278. The first-order valence-corrected chi connectivity index (χ1v) is 9.04. The van der Waals surface area contributed by atoms with Crippen molar-refractivity contribution in [3.8, 4) is 11.4 Å². The summed E-state index contributed by atoms with van der Waals surface area (Å²) in [5, 5.41) is 10.8. The second-order valence-electron chi connectivity index (χ2n) is 7.06. The molecule has 3 heterocycles. The molecule has 1 aromatic carbocycles. The third-order valence-electron chi connectivity index (χ3n) is 4.50. The molecule has 0 aliphatic heterocycles. The molecule has 30 heavy (non-hydrogen) atoms. The first-order valence-electron chi connectivity index (χ1n) is 9.04. The second-order valence-corrected chi connectivity index (χ2v) is 7.06. The number of aromatic amines is 2. The molecule has 0 spiro atoms. The zero-order valence-corrected chi connectivity index (χ0v) is 16.0. The minimum atomic E-state index is -4.56. The molecule has 4 rings (SSSR count). The molecule has 1 atom stereocenters. The molecule has 5 N–H and O–H groups in total. The zero-order chi connectivity index (χ0) is 21.5. The van der Waals surface area contributed by atoms with Gasteiger partial charge in [0.05, 0.1) is 29.6 Å². The monoisotopic (exact) mass is 417 g/mol. The summed E-state index contributed by atoms with van der Waals surface area (Å²) in [5.74, 6) is -0.704. The third-order valence-corrected chi connectivity index (χ3v) is 4.50. The predicted molar refractivity (Wildman–Crippen MR) is 104 cm³/mol. The fourth-order valence-electron chi connectivity index (χ4n) is 3.05. The fourth-order valence-corrected chi connectivity index (χ4v) is 3.05. The Labute approximate surface area is 168 Å². The van der Waals surface area contributed by atoms with E-state index < -0.39 is 18.0 Å². The van der Waals surface area contributed by atoms with Crippen LogP contribution in [0, 0.1) is 5.92 Å². The van der Waals surface area contributed by atoms with Crippen molar-refractivity contribution in [3.63, 3.8) is 0 Å². The molecule has 9 nitrogen and oxygen atoms in total. The number of aromatic nitrogens is 7. The number of nitrogens with zero attached hydrogens (tertiary/aromatic N) is 5. The van der Waals surface area contributed by atoms with E-state index in [1.807, 2.05) is 32.0 Å². The maximum atomic E-state index is 12.9. The summed E-state index contributed by atoms with van der Waals surface area (Å²) in [6, 6.07) is 4.94. The van der Waals surface area contributed by atoms with Crippen LogP contribution in [0.4, 0.5) is 25.1 Å². The molecule has 0 radical (unpaired) electrons. The number of anilines is 2. The molecule has 1 unspecified atom stereocenters. The lowest BCUT2D eigenvalue weighted by Gasteiger charge is -2.21. The van der Waals surface area contributed by atoms with Crippen LogP contribution in [-0.4, -0.2) is 35.1 Å². The van der Waals surface area contributed by atoms with Crippen LogP contribution in [0.25, 0.3) is 22.3 Å². The van der Waals surface area contributed by atoms with Crippen LogP contribution in [0.15, 0.2) is 30.6 Å². The average Bonchev–Trinajstić information content (AvgIpc) is 3.34. The van der Waals surface area contributed by atoms with Crippen LogP contribution >= 0.6 is 0 Å². The summed E-state index contributed by atoms with van der Waals surface area (Å²) in [6.07, 6.45) is -1.73. The van der Waals surface area contributed by atoms with E-state index in [9.17, 15) is 13.2 Å². The van der Waals surface area contributed by atoms with E-state index >= 15 is 0 Å². The molecular weight excluding hydrogens is 399 g/mol. The predicted octanol–water partition coefficient (Wildman–Crippen LogP) is 3.55. The Balaban J connectivity index is 1.66. The van der Waals surface area contributed by atoms with Crippen LogP contribution in [-0.2, 0) is 6.18 Å². The third kappa shape index (κ3) is 3.88. The highest BCUT2D eigenvalue weighted by Crippen LogP contribution is 2.30. The summed E-state index contributed by atoms with van der Waals surface area (Å²) < 4.78 is 38.7. The van der Waals surface area contributed by atoms with Crippen molar-refractivity contribution in [1.82, 2.24) is 35.1 Å². The first-order chi connectivity index (χ1) is 14.2. The number of hydrogen-bond acceptors (Lipinski definition) is 7. The zero-order valence-electron chi connectivity index (χ0n) is 16.0. The Morgan fingerprint density at radius 3 is 2.60 bits per heavy atom. The molecule has 0 aliphatic carbocycles. The number of imidazole rings is 1. The van der Waals surface area contributed by atoms with Gasteiger partial charge in [0, 0.05) is 10.9 Å². The van der Waals surface area contributed by atoms with Crippen molar-refractivity contribution in [2.45, 2.75) is 26.1 Å². The quantitative estimate of drug-likeness (QED) is 0.390. The second kappa shape index (κ2) is 7.28. The van der Waals surface area contributed by atoms with Crippen LogP contribution in [0.2, 0.25) is 0 Å². The number of alkyl halides is 3. The van der Waals surface area contributed by atoms with Crippen LogP contribution in [0.5, 0.6) is 0 Å². The highest BCUT2D eigenvalue weighted by molar-refractivity contribution is 5.82. The van der Waals surface area contributed by atoms with Crippen molar-refractivity contribution < 1.29 is 13.2 Å². The summed E-state index contributed by atoms with van der Waals surface area (Å²) in [5.41, 5.74) is 7.67. The van der Waals surface area contributed by atoms with Gasteiger partial charge in [0.2, 0.25) is 17.7 Å². The van der Waals surface area contributed by atoms with Gasteiger partial charge in [0.1, 0.15) is 0 Å². The van der Waals surface area contributed by atoms with E-state index in [0.29, 0.717) is 11.4 Å². The van der Waals surface area contributed by atoms with Crippen molar-refractivity contribution >= 4 is 22.8 Å². The number of nitrogen functional groups attached to an aromatic ring is 1. The van der Waals surface area contributed by atoms with E-state index in [1.165, 1.54) is 0 Å². The lowest BCUT2D eigenvalue weighted by molar-refractivity contribution is -0.144. The van der Waals surface area contributed by atoms with Crippen LogP contribution < -0.4 is 11.1 Å². The maximum absolute atomic E-state index is 12.9. The van der Waals surface area contributed by atoms with Crippen molar-refractivity contribution in [2.24, 2.45) is 5.92 Å². The van der Waals surface area contributed by atoms with Gasteiger partial charge in [-0.2, -0.15) is 33.2 Å². The molecule has 0 aliphatic rings. The number of rotatable bonds is 5. The van der Waals surface area contributed by atoms with E-state index in [-0.39, 0.29) is 23.5 Å². The maximum Gasteiger partial charge on any atom is 0.449 e. The van der Waals surface area contributed by atoms with E-state index in [2.05, 4.69) is 40.4 Å². The van der Waals surface area contributed by atoms with Gasteiger partial charge in [-0.15, -0.1) is 0 Å². The largest absolute Gasteiger partial charge is 0.449 e. The molecule has 0 saturated heterocycles. The van der Waals surface area contributed by atoms with Gasteiger partial charge < -0.3 is 16.0 Å². The number of halogens is 3. The van der Waals surface area contributed by atoms with Gasteiger partial charge in [-0.1, -0.05) is 13.8 Å². The number of nitrogens with two attached hydrogens (primary N) is 1. The Morgan fingerprint density at radius 1 is 1.10 bits per heavy atom. The Kier molecular flexibility index (Phi) is 4.76. The van der Waals surface area contributed by atoms with E-state index in [4.69, 9.17) is 5.73 Å². The smallest absolute Gasteiger partial charge is 0.368 e. The minimum Gasteiger partial charge on any atom is -0.368 e. The highest BCUT2D eigenvalue weighted by atomic mass is 19.4. The standard InChI is InChI=1S/C18H18F3N9/c1-8(2)13(12-7-23-15(25-12)18(19,20)21)26-17-28-14(27-16(22)29-17)9-3-4-11-10(5-9)6-24-30-11/h3-8,13H,1-2H3,(H,23,25)(H,24,30)(H3,22,26,27,28,29). The van der Waals surface area contributed by atoms with E-state index in [1.54, 1.807) is 6.20 Å². The van der Waals surface area contributed by atoms with Gasteiger partial charge in [0.15, 0.2) is 5.82 Å². The Hall–Kier alpha value is -3.70. The van der Waals surface area contributed by atoms with Gasteiger partial charge >= 0.3 is 6.18 Å². The highest BCUT2D eigenvalue weighted by Gasteiger charge is 2.35. The number of fused-ring (bicyclic) bond motifs is 1. The molecule has 4 aromatic rings. The number of nitrogens with one attached hydrogen (secondary N) is 3. The summed E-state index contributed by atoms with van der Waals surface area (Å²) in [7, 11) is 0. The number of benzene rings is 1. The summed E-state index contributed by atoms with van der Waals surface area (Å²) in [6.45, 7) is 3.70. The molecule has 0 bridgehead atoms. The molecule has 12 heteroatoms. The molecule has 156 valence electrons. The van der Waals surface area contributed by atoms with Gasteiger partial charge in [-0.25, -0.2) is 4.98 Å². The van der Waals surface area contributed by atoms with Crippen LogP contribution in [0.3, 0.4) is 0 Å². The molecule has 0 fully saturated rings. The lowest BCUT2D eigenvalue weighted by Crippen LogP contribution is -2.20. The SMILES string of the molecule is CC(C)C(Nc1nc(N)nc(-c2ccc3[nH]ncc3c2)n1)c1cnc(C(F)(F)F)[nH]1. The Morgan fingerprint density at radius 2 is 1.90 bits per heavy atom. The van der Waals surface area contributed by atoms with Crippen LogP contribution in [0.1, 0.15) is 31.4 Å². The van der Waals surface area contributed by atoms with Gasteiger partial charge in [-0.3, -0.25) is 5.10 Å². The molecule has 0 amide bonds. The topological polar surface area (TPSA) is 134 Å².